The molecule has 0 unspecified atom stereocenters. The fraction of sp³-hybridized carbons (Fsp3) is 0.316. The van der Waals surface area contributed by atoms with E-state index in [0.29, 0.717) is 24.7 Å². The van der Waals surface area contributed by atoms with Crippen LogP contribution in [0.5, 0.6) is 11.5 Å². The van der Waals surface area contributed by atoms with Crippen molar-refractivity contribution in [1.82, 2.24) is 4.72 Å². The SMILES string of the molecule is CC(C)[C@H](NS(=O)(=O)c1ccc2c(c1)OCCO2)C(=O)Nc1ccc(F)c(Cl)c1. The highest BCUT2D eigenvalue weighted by molar-refractivity contribution is 7.89. The maximum atomic E-state index is 13.3. The molecule has 0 radical (unpaired) electrons. The van der Waals surface area contributed by atoms with Gasteiger partial charge in [-0.3, -0.25) is 4.79 Å². The average molecular weight is 443 g/mol. The zero-order valence-electron chi connectivity index (χ0n) is 15.7. The highest BCUT2D eigenvalue weighted by Gasteiger charge is 2.29. The second kappa shape index (κ2) is 8.56. The number of fused-ring (bicyclic) bond motifs is 1. The molecule has 0 aromatic heterocycles. The predicted octanol–water partition coefficient (Wildman–Crippen LogP) is 3.19. The Labute approximate surface area is 173 Å². The number of rotatable bonds is 6. The number of halogens is 2. The van der Waals surface area contributed by atoms with E-state index in [2.05, 4.69) is 10.0 Å². The minimum absolute atomic E-state index is 0.0509. The minimum Gasteiger partial charge on any atom is -0.486 e. The molecule has 1 aliphatic heterocycles. The van der Waals surface area contributed by atoms with Crippen LogP contribution >= 0.6 is 11.6 Å². The molecule has 1 aliphatic rings. The predicted molar refractivity (Wildman–Crippen MR) is 106 cm³/mol. The van der Waals surface area contributed by atoms with E-state index >= 15 is 0 Å². The summed E-state index contributed by atoms with van der Waals surface area (Å²) in [6, 6.07) is 6.87. The number of carbonyl (C=O) groups is 1. The van der Waals surface area contributed by atoms with E-state index in [1.807, 2.05) is 0 Å². The first-order valence-corrected chi connectivity index (χ1v) is 10.7. The topological polar surface area (TPSA) is 93.7 Å². The Hall–Kier alpha value is -2.36. The number of sulfonamides is 1. The lowest BCUT2D eigenvalue weighted by Gasteiger charge is -2.23. The molecule has 156 valence electrons. The number of benzene rings is 2. The molecule has 0 saturated heterocycles. The molecule has 1 amide bonds. The van der Waals surface area contributed by atoms with Gasteiger partial charge in [-0.05, 0) is 36.2 Å². The van der Waals surface area contributed by atoms with Crippen LogP contribution in [0.15, 0.2) is 41.3 Å². The zero-order valence-corrected chi connectivity index (χ0v) is 17.3. The lowest BCUT2D eigenvalue weighted by molar-refractivity contribution is -0.118. The lowest BCUT2D eigenvalue weighted by Crippen LogP contribution is -2.47. The molecule has 10 heteroatoms. The molecular formula is C19H20ClFN2O5S. The first-order chi connectivity index (χ1) is 13.7. The highest BCUT2D eigenvalue weighted by atomic mass is 35.5. The van der Waals surface area contributed by atoms with Crippen LogP contribution in [-0.4, -0.2) is 33.6 Å². The number of carbonyl (C=O) groups excluding carboxylic acids is 1. The molecule has 3 rings (SSSR count). The molecule has 2 aromatic carbocycles. The van der Waals surface area contributed by atoms with Crippen molar-refractivity contribution in [1.29, 1.82) is 0 Å². The van der Waals surface area contributed by atoms with E-state index in [4.69, 9.17) is 21.1 Å². The van der Waals surface area contributed by atoms with Crippen LogP contribution in [0.2, 0.25) is 5.02 Å². The third-order valence-electron chi connectivity index (χ3n) is 4.24. The second-order valence-corrected chi connectivity index (χ2v) is 8.89. The quantitative estimate of drug-likeness (QED) is 0.716. The zero-order chi connectivity index (χ0) is 21.2. The fourth-order valence-corrected chi connectivity index (χ4v) is 4.25. The maximum Gasteiger partial charge on any atom is 0.242 e. The monoisotopic (exact) mass is 442 g/mol. The summed E-state index contributed by atoms with van der Waals surface area (Å²) in [5, 5.41) is 2.40. The largest absolute Gasteiger partial charge is 0.486 e. The smallest absolute Gasteiger partial charge is 0.242 e. The maximum absolute atomic E-state index is 13.3. The van der Waals surface area contributed by atoms with Crippen LogP contribution in [0.4, 0.5) is 10.1 Å². The van der Waals surface area contributed by atoms with Gasteiger partial charge in [0.05, 0.1) is 9.92 Å². The van der Waals surface area contributed by atoms with E-state index < -0.39 is 27.8 Å². The molecule has 7 nitrogen and oxygen atoms in total. The Kier molecular flexibility index (Phi) is 6.30. The molecule has 1 atom stereocenters. The van der Waals surface area contributed by atoms with Crippen LogP contribution in [0.25, 0.3) is 0 Å². The van der Waals surface area contributed by atoms with Crippen LogP contribution in [0, 0.1) is 11.7 Å². The summed E-state index contributed by atoms with van der Waals surface area (Å²) < 4.78 is 52.2. The Balaban J connectivity index is 1.80. The molecule has 0 aliphatic carbocycles. The molecule has 0 saturated carbocycles. The number of nitrogens with one attached hydrogen (secondary N) is 2. The van der Waals surface area contributed by atoms with Gasteiger partial charge in [0.15, 0.2) is 11.5 Å². The van der Waals surface area contributed by atoms with Gasteiger partial charge in [-0.1, -0.05) is 25.4 Å². The van der Waals surface area contributed by atoms with E-state index in [9.17, 15) is 17.6 Å². The van der Waals surface area contributed by atoms with Crippen molar-refractivity contribution in [2.75, 3.05) is 18.5 Å². The van der Waals surface area contributed by atoms with Crippen molar-refractivity contribution in [3.05, 3.63) is 47.2 Å². The van der Waals surface area contributed by atoms with E-state index in [0.717, 1.165) is 6.07 Å². The number of anilines is 1. The van der Waals surface area contributed by atoms with Gasteiger partial charge in [0, 0.05) is 11.8 Å². The Morgan fingerprint density at radius 2 is 1.79 bits per heavy atom. The minimum atomic E-state index is -4.02. The summed E-state index contributed by atoms with van der Waals surface area (Å²) in [5.74, 6) is -0.793. The normalized spacial score (nSPS) is 14.5. The first-order valence-electron chi connectivity index (χ1n) is 8.85. The van der Waals surface area contributed by atoms with Crippen LogP contribution in [0.1, 0.15) is 13.8 Å². The van der Waals surface area contributed by atoms with Gasteiger partial charge in [0.1, 0.15) is 25.1 Å². The summed E-state index contributed by atoms with van der Waals surface area (Å²) >= 11 is 5.72. The first kappa shape index (κ1) is 21.4. The van der Waals surface area contributed by atoms with Crippen LogP contribution in [0.3, 0.4) is 0 Å². The van der Waals surface area contributed by atoms with Crippen molar-refractivity contribution in [3.63, 3.8) is 0 Å². The van der Waals surface area contributed by atoms with Gasteiger partial charge in [-0.15, -0.1) is 0 Å². The van der Waals surface area contributed by atoms with Gasteiger partial charge in [0.2, 0.25) is 15.9 Å². The Bertz CT molecular complexity index is 1030. The van der Waals surface area contributed by atoms with Gasteiger partial charge in [-0.2, -0.15) is 4.72 Å². The van der Waals surface area contributed by atoms with Gasteiger partial charge >= 0.3 is 0 Å². The van der Waals surface area contributed by atoms with Crippen molar-refractivity contribution >= 4 is 33.2 Å². The number of amides is 1. The summed E-state index contributed by atoms with van der Waals surface area (Å²) in [5.41, 5.74) is 0.255. The van der Waals surface area contributed by atoms with Crippen molar-refractivity contribution in [2.45, 2.75) is 24.8 Å². The molecule has 1 heterocycles. The molecule has 2 aromatic rings. The third kappa shape index (κ3) is 4.98. The molecule has 0 spiro atoms. The average Bonchev–Trinajstić information content (AvgIpc) is 2.68. The molecule has 0 fully saturated rings. The van der Waals surface area contributed by atoms with E-state index in [1.54, 1.807) is 13.8 Å². The van der Waals surface area contributed by atoms with Crippen LogP contribution < -0.4 is 19.5 Å². The lowest BCUT2D eigenvalue weighted by atomic mass is 10.0. The van der Waals surface area contributed by atoms with Crippen LogP contribution in [-0.2, 0) is 14.8 Å². The summed E-state index contributed by atoms with van der Waals surface area (Å²) in [6.45, 7) is 4.12. The summed E-state index contributed by atoms with van der Waals surface area (Å²) in [7, 11) is -4.02. The van der Waals surface area contributed by atoms with E-state index in [1.165, 1.54) is 30.3 Å². The number of hydrogen-bond acceptors (Lipinski definition) is 5. The number of hydrogen-bond donors (Lipinski definition) is 2. The van der Waals surface area contributed by atoms with Crippen molar-refractivity contribution in [3.8, 4) is 11.5 Å². The fourth-order valence-electron chi connectivity index (χ4n) is 2.71. The Morgan fingerprint density at radius 3 is 2.45 bits per heavy atom. The molecule has 0 bridgehead atoms. The number of ether oxygens (including phenoxy) is 2. The standard InChI is InChI=1S/C19H20ClFN2O5S/c1-11(2)18(19(24)22-12-3-5-15(21)14(20)9-12)23-29(25,26)13-4-6-16-17(10-13)28-8-7-27-16/h3-6,9-11,18,23H,7-8H2,1-2H3,(H,22,24)/t18-/m0/s1. The van der Waals surface area contributed by atoms with Gasteiger partial charge < -0.3 is 14.8 Å². The van der Waals surface area contributed by atoms with Gasteiger partial charge in [-0.25, -0.2) is 12.8 Å². The van der Waals surface area contributed by atoms with E-state index in [-0.39, 0.29) is 21.5 Å². The molecule has 2 N–H and O–H groups in total. The van der Waals surface area contributed by atoms with Gasteiger partial charge in [0.25, 0.3) is 0 Å². The second-order valence-electron chi connectivity index (χ2n) is 6.77. The summed E-state index contributed by atoms with van der Waals surface area (Å²) in [6.07, 6.45) is 0. The summed E-state index contributed by atoms with van der Waals surface area (Å²) in [4.78, 5) is 12.6. The highest BCUT2D eigenvalue weighted by Crippen LogP contribution is 2.32. The molecular weight excluding hydrogens is 423 g/mol. The third-order valence-corrected chi connectivity index (χ3v) is 5.97. The van der Waals surface area contributed by atoms with Crippen molar-refractivity contribution in [2.24, 2.45) is 5.92 Å². The molecule has 29 heavy (non-hydrogen) atoms. The van der Waals surface area contributed by atoms with Crippen molar-refractivity contribution < 1.29 is 27.1 Å². The Morgan fingerprint density at radius 1 is 1.10 bits per heavy atom.